The van der Waals surface area contributed by atoms with Gasteiger partial charge >= 0.3 is 11.9 Å². The van der Waals surface area contributed by atoms with Crippen LogP contribution in [0.4, 0.5) is 9.52 Å². The monoisotopic (exact) mass is 597 g/mol. The quantitative estimate of drug-likeness (QED) is 0.144. The van der Waals surface area contributed by atoms with Gasteiger partial charge in [0, 0.05) is 22.8 Å². The van der Waals surface area contributed by atoms with Crippen LogP contribution in [0, 0.1) is 5.82 Å². The molecule has 1 saturated heterocycles. The summed E-state index contributed by atoms with van der Waals surface area (Å²) in [5.41, 5.74) is 5.57. The summed E-state index contributed by atoms with van der Waals surface area (Å²) in [5, 5.41) is 16.9. The average molecular weight is 598 g/mol. The van der Waals surface area contributed by atoms with Crippen LogP contribution in [0.25, 0.3) is 0 Å². The maximum absolute atomic E-state index is 13.5. The van der Waals surface area contributed by atoms with Crippen molar-refractivity contribution in [3.05, 3.63) is 88.3 Å². The lowest BCUT2D eigenvalue weighted by Gasteiger charge is -2.49. The number of anilines is 1. The minimum Gasteiger partial charge on any atom is -0.489 e. The zero-order valence-corrected chi connectivity index (χ0v) is 22.5. The van der Waals surface area contributed by atoms with E-state index in [-0.39, 0.29) is 40.2 Å². The molecule has 0 aliphatic carbocycles. The van der Waals surface area contributed by atoms with E-state index in [9.17, 15) is 28.7 Å². The van der Waals surface area contributed by atoms with Crippen molar-refractivity contribution in [2.75, 3.05) is 18.1 Å². The number of aliphatic carboxylic acids is 1. The molecule has 2 amide bonds. The Hall–Kier alpha value is -4.76. The Labute approximate surface area is 239 Å². The first-order valence-corrected chi connectivity index (χ1v) is 13.8. The number of nitrogens with one attached hydrogen (secondary N) is 1. The molecule has 5 rings (SSSR count). The summed E-state index contributed by atoms with van der Waals surface area (Å²) in [7, 11) is 0. The number of carbonyl (C=O) groups is 4. The van der Waals surface area contributed by atoms with Gasteiger partial charge in [0.05, 0.1) is 5.56 Å². The molecule has 41 heavy (non-hydrogen) atoms. The number of benzene rings is 2. The molecule has 210 valence electrons. The highest BCUT2D eigenvalue weighted by Gasteiger charge is 2.54. The molecule has 0 saturated carbocycles. The Morgan fingerprint density at radius 3 is 2.66 bits per heavy atom. The van der Waals surface area contributed by atoms with Crippen molar-refractivity contribution in [1.82, 2.24) is 15.2 Å². The SMILES string of the molecule is Nc1nc(/C(=N/OC(=O)c2ccccc2)C(=O)NC2C(=O)N3C(C(=O)O)=C(COc4cccc(F)c4)CS[C@H]23)cs1. The lowest BCUT2D eigenvalue weighted by Crippen LogP contribution is -2.71. The Morgan fingerprint density at radius 2 is 1.98 bits per heavy atom. The van der Waals surface area contributed by atoms with Crippen LogP contribution in [0.5, 0.6) is 5.75 Å². The highest BCUT2D eigenvalue weighted by atomic mass is 32.2. The number of hydrogen-bond donors (Lipinski definition) is 3. The van der Waals surface area contributed by atoms with E-state index in [1.54, 1.807) is 18.2 Å². The standard InChI is InChI=1S/C26H20FN5O7S2/c27-15-7-4-8-16(9-15)38-10-14-11-40-23-19(22(34)32(23)20(14)24(35)36)30-21(33)18(17-12-41-26(28)29-17)31-39-25(37)13-5-2-1-3-6-13/h1-9,12,19,23H,10-11H2,(H2,28,29)(H,30,33)(H,35,36)/b31-18-/t19?,23-/m1/s1. The third-order valence-electron chi connectivity index (χ3n) is 5.95. The minimum absolute atomic E-state index is 0.0219. The molecule has 1 unspecified atom stereocenters. The van der Waals surface area contributed by atoms with Crippen LogP contribution in [0.3, 0.4) is 0 Å². The predicted octanol–water partition coefficient (Wildman–Crippen LogP) is 2.24. The van der Waals surface area contributed by atoms with Gasteiger partial charge in [0.25, 0.3) is 11.8 Å². The minimum atomic E-state index is -1.35. The largest absolute Gasteiger partial charge is 0.489 e. The van der Waals surface area contributed by atoms with Crippen LogP contribution in [-0.4, -0.2) is 68.2 Å². The van der Waals surface area contributed by atoms with E-state index in [1.165, 1.54) is 47.5 Å². The van der Waals surface area contributed by atoms with E-state index in [4.69, 9.17) is 15.3 Å². The molecule has 0 spiro atoms. The van der Waals surface area contributed by atoms with Gasteiger partial charge in [-0.3, -0.25) is 14.5 Å². The number of ether oxygens (including phenoxy) is 1. The average Bonchev–Trinajstić information content (AvgIpc) is 3.40. The number of nitrogens with two attached hydrogens (primary N) is 1. The summed E-state index contributed by atoms with van der Waals surface area (Å²) in [4.78, 5) is 60.8. The van der Waals surface area contributed by atoms with Gasteiger partial charge in [0.2, 0.25) is 0 Å². The number of halogens is 1. The number of carboxylic acids is 1. The topological polar surface area (TPSA) is 174 Å². The van der Waals surface area contributed by atoms with E-state index < -0.39 is 46.7 Å². The highest BCUT2D eigenvalue weighted by Crippen LogP contribution is 2.40. The Kier molecular flexibility index (Phi) is 7.98. The summed E-state index contributed by atoms with van der Waals surface area (Å²) < 4.78 is 19.0. The molecular formula is C26H20FN5O7S2. The number of nitrogens with zero attached hydrogens (tertiary/aromatic N) is 3. The second-order valence-corrected chi connectivity index (χ2v) is 10.6. The number of aromatic nitrogens is 1. The highest BCUT2D eigenvalue weighted by molar-refractivity contribution is 8.00. The van der Waals surface area contributed by atoms with Crippen LogP contribution >= 0.6 is 23.1 Å². The van der Waals surface area contributed by atoms with E-state index >= 15 is 0 Å². The second-order valence-electron chi connectivity index (χ2n) is 8.62. The number of thioether (sulfide) groups is 1. The number of amides is 2. The lowest BCUT2D eigenvalue weighted by molar-refractivity contribution is -0.150. The number of rotatable bonds is 9. The Balaban J connectivity index is 1.31. The van der Waals surface area contributed by atoms with Gasteiger partial charge in [-0.2, -0.15) is 0 Å². The maximum atomic E-state index is 13.5. The summed E-state index contributed by atoms with van der Waals surface area (Å²) >= 11 is 2.25. The van der Waals surface area contributed by atoms with Crippen molar-refractivity contribution in [2.45, 2.75) is 11.4 Å². The van der Waals surface area contributed by atoms with Crippen molar-refractivity contribution in [3.8, 4) is 5.75 Å². The van der Waals surface area contributed by atoms with Crippen LogP contribution in [0.1, 0.15) is 16.1 Å². The van der Waals surface area contributed by atoms with Crippen molar-refractivity contribution in [1.29, 1.82) is 0 Å². The molecule has 2 aliphatic heterocycles. The normalized spacial score (nSPS) is 18.3. The molecule has 1 fully saturated rings. The Bertz CT molecular complexity index is 1590. The van der Waals surface area contributed by atoms with Crippen LogP contribution in [0.15, 0.2) is 76.4 Å². The van der Waals surface area contributed by atoms with Gasteiger partial charge in [-0.25, -0.2) is 19.0 Å². The number of carboxylic acid groups (broad SMARTS) is 1. The number of nitrogen functional groups attached to an aromatic ring is 1. The Morgan fingerprint density at radius 1 is 1.20 bits per heavy atom. The molecule has 4 N–H and O–H groups in total. The summed E-state index contributed by atoms with van der Waals surface area (Å²) in [5.74, 6) is -3.85. The fourth-order valence-electron chi connectivity index (χ4n) is 4.05. The van der Waals surface area contributed by atoms with Crippen molar-refractivity contribution in [2.24, 2.45) is 5.16 Å². The zero-order chi connectivity index (χ0) is 29.1. The molecule has 3 heterocycles. The van der Waals surface area contributed by atoms with Gasteiger partial charge in [-0.15, -0.1) is 23.1 Å². The first-order valence-electron chi connectivity index (χ1n) is 11.9. The van der Waals surface area contributed by atoms with E-state index in [0.717, 1.165) is 22.3 Å². The number of thiazole rings is 1. The molecule has 0 radical (unpaired) electrons. The number of hydrogen-bond acceptors (Lipinski definition) is 11. The molecule has 2 atom stereocenters. The number of carbonyl (C=O) groups excluding carboxylic acids is 3. The van der Waals surface area contributed by atoms with Gasteiger partial charge in [-0.1, -0.05) is 29.4 Å². The zero-order valence-electron chi connectivity index (χ0n) is 20.9. The molecule has 12 nitrogen and oxygen atoms in total. The van der Waals surface area contributed by atoms with E-state index in [2.05, 4.69) is 15.5 Å². The van der Waals surface area contributed by atoms with Gasteiger partial charge in [0.1, 0.15) is 41.0 Å². The third-order valence-corrected chi connectivity index (χ3v) is 7.97. The van der Waals surface area contributed by atoms with E-state index in [0.29, 0.717) is 5.57 Å². The van der Waals surface area contributed by atoms with Crippen molar-refractivity contribution >= 4 is 57.7 Å². The predicted molar refractivity (Wildman–Crippen MR) is 147 cm³/mol. The van der Waals surface area contributed by atoms with Gasteiger partial charge < -0.3 is 25.7 Å². The molecule has 3 aromatic rings. The number of β-lactam (4-membered cyclic amide) rings is 1. The fourth-order valence-corrected chi connectivity index (χ4v) is 5.92. The van der Waals surface area contributed by atoms with E-state index in [1.807, 2.05) is 0 Å². The van der Waals surface area contributed by atoms with Gasteiger partial charge in [0.15, 0.2) is 10.8 Å². The summed E-state index contributed by atoms with van der Waals surface area (Å²) in [6.45, 7) is -0.180. The first kappa shape index (κ1) is 27.8. The molecular weight excluding hydrogens is 577 g/mol. The van der Waals surface area contributed by atoms with Crippen molar-refractivity contribution in [3.63, 3.8) is 0 Å². The second kappa shape index (κ2) is 11.8. The molecule has 2 aromatic carbocycles. The molecule has 15 heteroatoms. The lowest BCUT2D eigenvalue weighted by atomic mass is 10.0. The maximum Gasteiger partial charge on any atom is 0.365 e. The summed E-state index contributed by atoms with van der Waals surface area (Å²) in [6.07, 6.45) is 0. The van der Waals surface area contributed by atoms with Crippen LogP contribution < -0.4 is 15.8 Å². The number of oxime groups is 1. The van der Waals surface area contributed by atoms with Crippen LogP contribution in [-0.2, 0) is 19.2 Å². The summed E-state index contributed by atoms with van der Waals surface area (Å²) in [6, 6.07) is 12.3. The first-order chi connectivity index (χ1) is 19.7. The van der Waals surface area contributed by atoms with Gasteiger partial charge in [-0.05, 0) is 24.3 Å². The molecule has 0 bridgehead atoms. The van der Waals surface area contributed by atoms with Crippen LogP contribution in [0.2, 0.25) is 0 Å². The molecule has 2 aliphatic rings. The fraction of sp³-hybridized carbons (Fsp3) is 0.154. The van der Waals surface area contributed by atoms with Crippen molar-refractivity contribution < 1.29 is 38.2 Å². The number of fused-ring (bicyclic) bond motifs is 1. The third kappa shape index (κ3) is 5.90. The smallest absolute Gasteiger partial charge is 0.365 e. The molecule has 1 aromatic heterocycles.